The Hall–Kier alpha value is -2.97. The molecule has 0 radical (unpaired) electrons. The van der Waals surface area contributed by atoms with Crippen molar-refractivity contribution in [2.24, 2.45) is 11.8 Å². The molecule has 1 aromatic rings. The fraction of sp³-hybridized carbons (Fsp3) is 0.581. The van der Waals surface area contributed by atoms with Crippen molar-refractivity contribution >= 4 is 23.4 Å². The molecule has 3 fully saturated rings. The van der Waals surface area contributed by atoms with Gasteiger partial charge in [-0.25, -0.2) is 0 Å². The van der Waals surface area contributed by atoms with Crippen LogP contribution in [0.2, 0.25) is 0 Å². The Bertz CT molecular complexity index is 1180. The molecule has 2 saturated heterocycles. The predicted molar refractivity (Wildman–Crippen MR) is 147 cm³/mol. The SMILES string of the molecule is CC[C@]12C=CCN(c3ccccc3)C(=O)[C@H]1[C@H]1C(=O)N(CCCO)C3C(=O)N(C4CCCCC4)CC=C[C@@]31O2. The number of amides is 3. The highest BCUT2D eigenvalue weighted by atomic mass is 16.5. The third-order valence-corrected chi connectivity index (χ3v) is 9.61. The number of nitrogens with zero attached hydrogens (tertiary/aromatic N) is 3. The van der Waals surface area contributed by atoms with Gasteiger partial charge in [-0.1, -0.05) is 68.7 Å². The van der Waals surface area contributed by atoms with Gasteiger partial charge in [0.25, 0.3) is 0 Å². The van der Waals surface area contributed by atoms with Crippen LogP contribution in [-0.2, 0) is 19.1 Å². The number of hydrogen-bond donors (Lipinski definition) is 1. The molecular formula is C31H39N3O5. The maximum Gasteiger partial charge on any atom is 0.249 e. The summed E-state index contributed by atoms with van der Waals surface area (Å²) < 4.78 is 7.03. The minimum absolute atomic E-state index is 0.0861. The Labute approximate surface area is 230 Å². The molecule has 1 aliphatic carbocycles. The number of hydrogen-bond acceptors (Lipinski definition) is 5. The smallest absolute Gasteiger partial charge is 0.249 e. The van der Waals surface area contributed by atoms with E-state index in [0.717, 1.165) is 31.4 Å². The third kappa shape index (κ3) is 3.98. The van der Waals surface area contributed by atoms with Crippen LogP contribution in [0.1, 0.15) is 51.9 Å². The van der Waals surface area contributed by atoms with Crippen LogP contribution in [0.15, 0.2) is 54.6 Å². The lowest BCUT2D eigenvalue weighted by molar-refractivity contribution is -0.154. The van der Waals surface area contributed by atoms with E-state index in [4.69, 9.17) is 4.74 Å². The van der Waals surface area contributed by atoms with Gasteiger partial charge in [0.2, 0.25) is 17.7 Å². The molecule has 3 amide bonds. The molecule has 5 aliphatic rings. The van der Waals surface area contributed by atoms with Gasteiger partial charge in [-0.15, -0.1) is 0 Å². The summed E-state index contributed by atoms with van der Waals surface area (Å²) in [5.41, 5.74) is -1.46. The van der Waals surface area contributed by atoms with Gasteiger partial charge >= 0.3 is 0 Å². The first-order chi connectivity index (χ1) is 19.0. The van der Waals surface area contributed by atoms with Crippen LogP contribution >= 0.6 is 0 Å². The molecule has 1 unspecified atom stereocenters. The minimum Gasteiger partial charge on any atom is -0.396 e. The summed E-state index contributed by atoms with van der Waals surface area (Å²) in [6, 6.07) is 8.80. The fourth-order valence-electron chi connectivity index (χ4n) is 7.82. The molecule has 208 valence electrons. The quantitative estimate of drug-likeness (QED) is 0.568. The predicted octanol–water partition coefficient (Wildman–Crippen LogP) is 3.06. The van der Waals surface area contributed by atoms with E-state index in [1.165, 1.54) is 6.42 Å². The second-order valence-electron chi connectivity index (χ2n) is 11.6. The Balaban J connectivity index is 1.46. The molecule has 0 aromatic heterocycles. The van der Waals surface area contributed by atoms with E-state index in [0.29, 0.717) is 25.9 Å². The number of para-hydroxylation sites is 1. The van der Waals surface area contributed by atoms with Crippen molar-refractivity contribution in [1.29, 1.82) is 0 Å². The highest BCUT2D eigenvalue weighted by Crippen LogP contribution is 2.58. The molecule has 1 aromatic carbocycles. The number of benzene rings is 1. The Morgan fingerprint density at radius 2 is 1.67 bits per heavy atom. The lowest BCUT2D eigenvalue weighted by Crippen LogP contribution is -2.58. The van der Waals surface area contributed by atoms with E-state index in [-0.39, 0.29) is 36.9 Å². The van der Waals surface area contributed by atoms with E-state index in [1.807, 2.05) is 66.5 Å². The first kappa shape index (κ1) is 26.3. The van der Waals surface area contributed by atoms with E-state index < -0.39 is 29.1 Å². The van der Waals surface area contributed by atoms with Crippen molar-refractivity contribution in [3.05, 3.63) is 54.6 Å². The molecule has 4 heterocycles. The highest BCUT2D eigenvalue weighted by Gasteiger charge is 2.75. The van der Waals surface area contributed by atoms with Crippen LogP contribution in [0.3, 0.4) is 0 Å². The molecule has 39 heavy (non-hydrogen) atoms. The van der Waals surface area contributed by atoms with E-state index in [9.17, 15) is 19.5 Å². The van der Waals surface area contributed by atoms with Crippen LogP contribution in [-0.4, -0.2) is 82.2 Å². The number of aliphatic hydroxyl groups excluding tert-OH is 1. The standard InChI is InChI=1S/C31H39N3O5/c1-2-30-16-9-18-32(22-12-5-3-6-13-22)27(36)24(30)25-28(37)34(20-11-21-35)26-29(38)33(23-14-7-4-8-15-23)19-10-17-31(25,26)39-30/h3,5-6,9-10,12-13,16-17,23-26,35H,2,4,7-8,11,14-15,18-21H2,1H3/t24-,25+,26?,30+,31+/m1/s1. The third-order valence-electron chi connectivity index (χ3n) is 9.61. The number of carbonyl (C=O) groups is 3. The second-order valence-corrected chi connectivity index (χ2v) is 11.6. The first-order valence-corrected chi connectivity index (χ1v) is 14.6. The summed E-state index contributed by atoms with van der Waals surface area (Å²) in [5, 5.41) is 9.65. The highest BCUT2D eigenvalue weighted by molar-refractivity contribution is 6.04. The van der Waals surface area contributed by atoms with Gasteiger partial charge in [0.05, 0.1) is 17.4 Å². The summed E-state index contributed by atoms with van der Waals surface area (Å²) in [6.07, 6.45) is 14.0. The van der Waals surface area contributed by atoms with Gasteiger partial charge in [0.15, 0.2) is 0 Å². The summed E-state index contributed by atoms with van der Waals surface area (Å²) in [6.45, 7) is 3.01. The number of carbonyl (C=O) groups excluding carboxylic acids is 3. The van der Waals surface area contributed by atoms with Gasteiger partial charge in [-0.05, 0) is 37.8 Å². The summed E-state index contributed by atoms with van der Waals surface area (Å²) >= 11 is 0. The average molecular weight is 534 g/mol. The zero-order chi connectivity index (χ0) is 27.2. The van der Waals surface area contributed by atoms with Crippen molar-refractivity contribution in [2.45, 2.75) is 75.2 Å². The van der Waals surface area contributed by atoms with Crippen LogP contribution in [0.5, 0.6) is 0 Å². The number of ether oxygens (including phenoxy) is 1. The molecule has 8 heteroatoms. The monoisotopic (exact) mass is 533 g/mol. The van der Waals surface area contributed by atoms with E-state index in [2.05, 4.69) is 0 Å². The van der Waals surface area contributed by atoms with Gasteiger partial charge in [0.1, 0.15) is 11.6 Å². The number of aliphatic hydroxyl groups is 1. The molecule has 1 spiro atoms. The number of anilines is 1. The van der Waals surface area contributed by atoms with Gasteiger partial charge < -0.3 is 24.5 Å². The Morgan fingerprint density at radius 1 is 0.923 bits per heavy atom. The molecule has 6 rings (SSSR count). The van der Waals surface area contributed by atoms with E-state index >= 15 is 0 Å². The molecular weight excluding hydrogens is 494 g/mol. The fourth-order valence-corrected chi connectivity index (χ4v) is 7.82. The normalized spacial score (nSPS) is 34.7. The molecule has 4 aliphatic heterocycles. The van der Waals surface area contributed by atoms with Crippen LogP contribution in [0, 0.1) is 11.8 Å². The van der Waals surface area contributed by atoms with Crippen LogP contribution < -0.4 is 4.90 Å². The summed E-state index contributed by atoms with van der Waals surface area (Å²) in [5.74, 6) is -2.07. The lowest BCUT2D eigenvalue weighted by Gasteiger charge is -2.40. The number of likely N-dealkylation sites (tertiary alicyclic amines) is 1. The number of rotatable bonds is 6. The maximum atomic E-state index is 14.5. The Kier molecular flexibility index (Phi) is 6.88. The topological polar surface area (TPSA) is 90.4 Å². The summed E-state index contributed by atoms with van der Waals surface area (Å²) in [4.78, 5) is 48.5. The largest absolute Gasteiger partial charge is 0.396 e. The Morgan fingerprint density at radius 3 is 2.38 bits per heavy atom. The second kappa shape index (κ2) is 10.2. The van der Waals surface area contributed by atoms with Gasteiger partial charge in [-0.3, -0.25) is 14.4 Å². The van der Waals surface area contributed by atoms with E-state index in [1.54, 1.807) is 9.80 Å². The molecule has 1 N–H and O–H groups in total. The van der Waals surface area contributed by atoms with Crippen molar-refractivity contribution < 1.29 is 24.2 Å². The zero-order valence-corrected chi connectivity index (χ0v) is 22.7. The van der Waals surface area contributed by atoms with Gasteiger partial charge in [-0.2, -0.15) is 0 Å². The van der Waals surface area contributed by atoms with Crippen molar-refractivity contribution in [3.63, 3.8) is 0 Å². The first-order valence-electron chi connectivity index (χ1n) is 14.6. The van der Waals surface area contributed by atoms with Crippen molar-refractivity contribution in [1.82, 2.24) is 9.80 Å². The summed E-state index contributed by atoms with van der Waals surface area (Å²) in [7, 11) is 0. The zero-order valence-electron chi connectivity index (χ0n) is 22.7. The van der Waals surface area contributed by atoms with Crippen molar-refractivity contribution in [2.75, 3.05) is 31.1 Å². The number of fused-ring (bicyclic) bond motifs is 2. The van der Waals surface area contributed by atoms with Gasteiger partial charge in [0, 0.05) is 38.0 Å². The molecule has 1 saturated carbocycles. The van der Waals surface area contributed by atoms with Crippen LogP contribution in [0.4, 0.5) is 5.69 Å². The minimum atomic E-state index is -1.24. The molecule has 8 nitrogen and oxygen atoms in total. The maximum absolute atomic E-state index is 14.5. The van der Waals surface area contributed by atoms with Crippen LogP contribution in [0.25, 0.3) is 0 Å². The average Bonchev–Trinajstić information content (AvgIpc) is 3.25. The van der Waals surface area contributed by atoms with Crippen molar-refractivity contribution in [3.8, 4) is 0 Å². The molecule has 0 bridgehead atoms. The molecule has 5 atom stereocenters. The lowest BCUT2D eigenvalue weighted by atomic mass is 9.73.